The van der Waals surface area contributed by atoms with Crippen LogP contribution in [0.25, 0.3) is 21.5 Å². The zero-order valence-corrected chi connectivity index (χ0v) is 13.0. The standard InChI is InChI=1S/C18H10O2S2/c19-15(17-13-7-3-1-5-11(13)9-21-17)16(20)18-14-8-4-2-6-12(14)10-22-18/h1-10H. The summed E-state index contributed by atoms with van der Waals surface area (Å²) in [5, 5.41) is 7.54. The second-order valence-corrected chi connectivity index (χ2v) is 6.72. The maximum Gasteiger partial charge on any atom is 0.244 e. The fourth-order valence-electron chi connectivity index (χ4n) is 2.54. The molecule has 4 rings (SSSR count). The Kier molecular flexibility index (Phi) is 3.13. The Morgan fingerprint density at radius 3 is 1.50 bits per heavy atom. The highest BCUT2D eigenvalue weighted by molar-refractivity contribution is 7.17. The zero-order chi connectivity index (χ0) is 15.1. The maximum atomic E-state index is 12.6. The Morgan fingerprint density at radius 2 is 1.05 bits per heavy atom. The van der Waals surface area contributed by atoms with Gasteiger partial charge in [-0.2, -0.15) is 0 Å². The van der Waals surface area contributed by atoms with Gasteiger partial charge in [-0.1, -0.05) is 48.5 Å². The quantitative estimate of drug-likeness (QED) is 0.384. The van der Waals surface area contributed by atoms with Crippen LogP contribution < -0.4 is 0 Å². The van der Waals surface area contributed by atoms with Crippen molar-refractivity contribution < 1.29 is 9.59 Å². The van der Waals surface area contributed by atoms with Gasteiger partial charge in [0, 0.05) is 10.8 Å². The lowest BCUT2D eigenvalue weighted by atomic mass is 10.1. The molecule has 0 N–H and O–H groups in total. The Bertz CT molecular complexity index is 940. The van der Waals surface area contributed by atoms with Crippen molar-refractivity contribution in [1.29, 1.82) is 0 Å². The third-order valence-electron chi connectivity index (χ3n) is 3.64. The molecule has 22 heavy (non-hydrogen) atoms. The Morgan fingerprint density at radius 1 is 0.636 bits per heavy atom. The van der Waals surface area contributed by atoms with Crippen LogP contribution in [0.15, 0.2) is 59.3 Å². The molecule has 0 saturated carbocycles. The summed E-state index contributed by atoms with van der Waals surface area (Å²) in [7, 11) is 0. The normalized spacial score (nSPS) is 11.1. The number of fused-ring (bicyclic) bond motifs is 2. The Hall–Kier alpha value is -2.30. The number of hydrogen-bond donors (Lipinski definition) is 0. The minimum absolute atomic E-state index is 0.418. The number of carbonyl (C=O) groups is 2. The molecule has 0 aliphatic heterocycles. The highest BCUT2D eigenvalue weighted by atomic mass is 32.1. The average Bonchev–Trinajstić information content (AvgIpc) is 3.17. The summed E-state index contributed by atoms with van der Waals surface area (Å²) < 4.78 is 0. The molecule has 4 aromatic rings. The van der Waals surface area contributed by atoms with Gasteiger partial charge >= 0.3 is 0 Å². The van der Waals surface area contributed by atoms with Gasteiger partial charge in [0.15, 0.2) is 0 Å². The SMILES string of the molecule is O=C(C(=O)c1scc2ccccc12)c1scc2ccccc12. The van der Waals surface area contributed by atoms with E-state index < -0.39 is 11.6 Å². The molecule has 0 spiro atoms. The van der Waals surface area contributed by atoms with Gasteiger partial charge in [0.1, 0.15) is 0 Å². The van der Waals surface area contributed by atoms with Gasteiger partial charge in [-0.15, -0.1) is 22.7 Å². The number of thiophene rings is 2. The number of benzene rings is 2. The predicted molar refractivity (Wildman–Crippen MR) is 92.3 cm³/mol. The molecule has 0 radical (unpaired) electrons. The number of ketones is 2. The van der Waals surface area contributed by atoms with Crippen molar-refractivity contribution in [3.05, 3.63) is 69.0 Å². The van der Waals surface area contributed by atoms with Crippen LogP contribution in [-0.4, -0.2) is 11.6 Å². The van der Waals surface area contributed by atoms with E-state index in [1.54, 1.807) is 0 Å². The fraction of sp³-hybridized carbons (Fsp3) is 0. The molecule has 2 nitrogen and oxygen atoms in total. The largest absolute Gasteiger partial charge is 0.284 e. The molecule has 0 saturated heterocycles. The molecule has 0 aliphatic carbocycles. The van der Waals surface area contributed by atoms with Crippen molar-refractivity contribution in [3.8, 4) is 0 Å². The van der Waals surface area contributed by atoms with Crippen LogP contribution >= 0.6 is 22.7 Å². The second-order valence-electron chi connectivity index (χ2n) is 4.96. The third kappa shape index (κ3) is 2.00. The number of hydrogen-bond acceptors (Lipinski definition) is 4. The smallest absolute Gasteiger partial charge is 0.244 e. The van der Waals surface area contributed by atoms with Crippen molar-refractivity contribution in [2.24, 2.45) is 0 Å². The molecule has 0 aliphatic rings. The lowest BCUT2D eigenvalue weighted by Crippen LogP contribution is -2.12. The van der Waals surface area contributed by atoms with Crippen LogP contribution in [0, 0.1) is 0 Å². The summed E-state index contributed by atoms with van der Waals surface area (Å²) in [4.78, 5) is 26.3. The van der Waals surface area contributed by atoms with E-state index in [0.717, 1.165) is 21.5 Å². The van der Waals surface area contributed by atoms with E-state index in [-0.39, 0.29) is 0 Å². The third-order valence-corrected chi connectivity index (χ3v) is 5.66. The van der Waals surface area contributed by atoms with E-state index in [1.165, 1.54) is 22.7 Å². The predicted octanol–water partition coefficient (Wildman–Crippen LogP) is 5.18. The van der Waals surface area contributed by atoms with Crippen LogP contribution in [-0.2, 0) is 0 Å². The molecule has 4 heteroatoms. The van der Waals surface area contributed by atoms with Crippen LogP contribution in [0.3, 0.4) is 0 Å². The molecular weight excluding hydrogens is 312 g/mol. The number of rotatable bonds is 3. The van der Waals surface area contributed by atoms with Gasteiger partial charge in [-0.3, -0.25) is 9.59 Å². The summed E-state index contributed by atoms with van der Waals surface area (Å²) in [5.74, 6) is -0.836. The summed E-state index contributed by atoms with van der Waals surface area (Å²) in [6.45, 7) is 0. The van der Waals surface area contributed by atoms with E-state index in [9.17, 15) is 9.59 Å². The summed E-state index contributed by atoms with van der Waals surface area (Å²) in [5.41, 5.74) is 0. The molecule has 0 bridgehead atoms. The number of Topliss-reactive ketones (excluding diaryl/α,β-unsaturated/α-hetero) is 2. The Labute approximate surface area is 134 Å². The first-order valence-corrected chi connectivity index (χ1v) is 8.53. The molecular formula is C18H10O2S2. The molecule has 0 fully saturated rings. The van der Waals surface area contributed by atoms with Crippen LogP contribution in [0.5, 0.6) is 0 Å². The van der Waals surface area contributed by atoms with Crippen molar-refractivity contribution in [2.45, 2.75) is 0 Å². The van der Waals surface area contributed by atoms with Gasteiger partial charge in [0.25, 0.3) is 0 Å². The minimum atomic E-state index is -0.418. The summed E-state index contributed by atoms with van der Waals surface area (Å²) in [6, 6.07) is 15.3. The van der Waals surface area contributed by atoms with E-state index in [1.807, 2.05) is 59.3 Å². The van der Waals surface area contributed by atoms with Crippen molar-refractivity contribution in [2.75, 3.05) is 0 Å². The summed E-state index contributed by atoms with van der Waals surface area (Å²) >= 11 is 2.67. The maximum absolute atomic E-state index is 12.6. The lowest BCUT2D eigenvalue weighted by molar-refractivity contribution is 0.0823. The van der Waals surface area contributed by atoms with Gasteiger partial charge in [-0.25, -0.2) is 0 Å². The van der Waals surface area contributed by atoms with Gasteiger partial charge < -0.3 is 0 Å². The first kappa shape index (κ1) is 13.4. The van der Waals surface area contributed by atoms with Crippen molar-refractivity contribution >= 4 is 55.8 Å². The van der Waals surface area contributed by atoms with E-state index >= 15 is 0 Å². The number of carbonyl (C=O) groups excluding carboxylic acids is 2. The van der Waals surface area contributed by atoms with E-state index in [2.05, 4.69) is 0 Å². The first-order chi connectivity index (χ1) is 10.8. The molecule has 2 heterocycles. The van der Waals surface area contributed by atoms with E-state index in [4.69, 9.17) is 0 Å². The monoisotopic (exact) mass is 322 g/mol. The lowest BCUT2D eigenvalue weighted by Gasteiger charge is -1.98. The molecule has 106 valence electrons. The highest BCUT2D eigenvalue weighted by Crippen LogP contribution is 2.30. The van der Waals surface area contributed by atoms with Crippen LogP contribution in [0.1, 0.15) is 19.3 Å². The molecule has 0 unspecified atom stereocenters. The van der Waals surface area contributed by atoms with Crippen LogP contribution in [0.2, 0.25) is 0 Å². The second kappa shape index (κ2) is 5.16. The first-order valence-electron chi connectivity index (χ1n) is 6.77. The topological polar surface area (TPSA) is 34.1 Å². The molecule has 0 atom stereocenters. The Balaban J connectivity index is 1.81. The van der Waals surface area contributed by atoms with Crippen LogP contribution in [0.4, 0.5) is 0 Å². The van der Waals surface area contributed by atoms with Gasteiger partial charge in [0.05, 0.1) is 9.75 Å². The fourth-order valence-corrected chi connectivity index (χ4v) is 4.47. The molecule has 2 aromatic carbocycles. The van der Waals surface area contributed by atoms with Gasteiger partial charge in [-0.05, 0) is 21.5 Å². The highest BCUT2D eigenvalue weighted by Gasteiger charge is 2.24. The summed E-state index contributed by atoms with van der Waals surface area (Å²) in [6.07, 6.45) is 0. The van der Waals surface area contributed by atoms with Crippen molar-refractivity contribution in [3.63, 3.8) is 0 Å². The average molecular weight is 322 g/mol. The van der Waals surface area contributed by atoms with E-state index in [0.29, 0.717) is 9.75 Å². The minimum Gasteiger partial charge on any atom is -0.284 e. The van der Waals surface area contributed by atoms with Crippen molar-refractivity contribution in [1.82, 2.24) is 0 Å². The molecule has 0 amide bonds. The van der Waals surface area contributed by atoms with Gasteiger partial charge in [0.2, 0.25) is 11.6 Å². The zero-order valence-electron chi connectivity index (χ0n) is 11.4. The molecule has 2 aromatic heterocycles.